The normalized spacial score (nSPS) is 11.2. The van der Waals surface area contributed by atoms with Crippen LogP contribution in [-0.2, 0) is 11.4 Å². The van der Waals surface area contributed by atoms with Crippen molar-refractivity contribution >= 4 is 12.0 Å². The zero-order valence-electron chi connectivity index (χ0n) is 18.0. The van der Waals surface area contributed by atoms with Crippen molar-refractivity contribution in [3.8, 4) is 17.5 Å². The number of likely N-dealkylation sites (N-methyl/N-ethyl adjacent to an activating group) is 1. The number of carbonyl (C=O) groups is 1. The Balaban J connectivity index is 1.83. The molecule has 6 heteroatoms. The van der Waals surface area contributed by atoms with Gasteiger partial charge >= 0.3 is 0 Å². The maximum atomic E-state index is 13.7. The number of aromatic nitrogens is 1. The van der Waals surface area contributed by atoms with E-state index in [-0.39, 0.29) is 23.9 Å². The van der Waals surface area contributed by atoms with E-state index in [1.165, 1.54) is 11.0 Å². The van der Waals surface area contributed by atoms with Crippen molar-refractivity contribution in [2.24, 2.45) is 0 Å². The summed E-state index contributed by atoms with van der Waals surface area (Å²) in [5.74, 6) is 0.0179. The minimum Gasteiger partial charge on any atom is -0.489 e. The lowest BCUT2D eigenvalue weighted by Crippen LogP contribution is -2.22. The van der Waals surface area contributed by atoms with Gasteiger partial charge in [0.1, 0.15) is 29.8 Å². The monoisotopic (exact) mass is 417 g/mol. The molecule has 0 N–H and O–H groups in total. The van der Waals surface area contributed by atoms with Gasteiger partial charge in [-0.2, -0.15) is 5.26 Å². The Hall–Kier alpha value is -3.85. The maximum absolute atomic E-state index is 13.7. The molecule has 0 saturated heterocycles. The third-order valence-electron chi connectivity index (χ3n) is 4.97. The van der Waals surface area contributed by atoms with Gasteiger partial charge in [0.05, 0.1) is 0 Å². The van der Waals surface area contributed by atoms with E-state index in [0.717, 1.165) is 22.6 Å². The van der Waals surface area contributed by atoms with E-state index in [2.05, 4.69) is 0 Å². The molecule has 3 aromatic rings. The second-order valence-electron chi connectivity index (χ2n) is 7.41. The van der Waals surface area contributed by atoms with Crippen LogP contribution in [0.2, 0.25) is 0 Å². The fourth-order valence-electron chi connectivity index (χ4n) is 3.34. The molecule has 31 heavy (non-hydrogen) atoms. The summed E-state index contributed by atoms with van der Waals surface area (Å²) in [7, 11) is 3.24. The number of benzene rings is 2. The van der Waals surface area contributed by atoms with Crippen molar-refractivity contribution in [3.63, 3.8) is 0 Å². The van der Waals surface area contributed by atoms with Crippen LogP contribution in [0.5, 0.6) is 5.75 Å². The highest BCUT2D eigenvalue weighted by molar-refractivity contribution is 6.01. The molecule has 0 bridgehead atoms. The van der Waals surface area contributed by atoms with Gasteiger partial charge in [0.25, 0.3) is 5.91 Å². The summed E-state index contributed by atoms with van der Waals surface area (Å²) in [4.78, 5) is 13.5. The molecule has 0 aliphatic heterocycles. The maximum Gasteiger partial charge on any atom is 0.264 e. The van der Waals surface area contributed by atoms with Crippen LogP contribution in [0.25, 0.3) is 11.8 Å². The molecule has 2 aromatic carbocycles. The first kappa shape index (κ1) is 21.8. The third-order valence-corrected chi connectivity index (χ3v) is 4.97. The van der Waals surface area contributed by atoms with E-state index in [0.29, 0.717) is 11.3 Å². The number of hydrogen-bond acceptors (Lipinski definition) is 3. The number of nitrogens with zero attached hydrogens (tertiary/aromatic N) is 3. The van der Waals surface area contributed by atoms with Gasteiger partial charge in [-0.3, -0.25) is 4.79 Å². The minimum absolute atomic E-state index is 0.0853. The molecule has 0 fully saturated rings. The first-order valence-corrected chi connectivity index (χ1v) is 9.81. The summed E-state index contributed by atoms with van der Waals surface area (Å²) in [6.07, 6.45) is 1.62. The van der Waals surface area contributed by atoms with Gasteiger partial charge in [0, 0.05) is 36.7 Å². The zero-order chi connectivity index (χ0) is 22.5. The van der Waals surface area contributed by atoms with E-state index >= 15 is 0 Å². The summed E-state index contributed by atoms with van der Waals surface area (Å²) in [5.41, 5.74) is 4.20. The van der Waals surface area contributed by atoms with Crippen LogP contribution in [-0.4, -0.2) is 29.5 Å². The smallest absolute Gasteiger partial charge is 0.264 e. The number of rotatable bonds is 6. The first-order chi connectivity index (χ1) is 14.8. The number of aryl methyl sites for hydroxylation is 1. The van der Waals surface area contributed by atoms with Crippen LogP contribution < -0.4 is 4.74 Å². The first-order valence-electron chi connectivity index (χ1n) is 9.81. The molecular weight excluding hydrogens is 393 g/mol. The Morgan fingerprint density at radius 2 is 1.84 bits per heavy atom. The van der Waals surface area contributed by atoms with Crippen molar-refractivity contribution in [2.75, 3.05) is 14.1 Å². The largest absolute Gasteiger partial charge is 0.489 e. The van der Waals surface area contributed by atoms with Crippen LogP contribution in [0.4, 0.5) is 4.39 Å². The van der Waals surface area contributed by atoms with Crippen LogP contribution in [0.15, 0.2) is 60.2 Å². The molecule has 1 amide bonds. The second kappa shape index (κ2) is 9.31. The topological polar surface area (TPSA) is 58.3 Å². The molecule has 0 aliphatic rings. The summed E-state index contributed by atoms with van der Waals surface area (Å²) in [6.45, 7) is 4.06. The summed E-state index contributed by atoms with van der Waals surface area (Å²) in [6, 6.07) is 18.0. The Bertz CT molecular complexity index is 1170. The van der Waals surface area contributed by atoms with Gasteiger partial charge < -0.3 is 14.2 Å². The zero-order valence-corrected chi connectivity index (χ0v) is 18.0. The molecule has 0 unspecified atom stereocenters. The molecule has 158 valence electrons. The van der Waals surface area contributed by atoms with E-state index in [1.54, 1.807) is 38.4 Å². The number of nitriles is 1. The van der Waals surface area contributed by atoms with E-state index in [1.807, 2.05) is 54.8 Å². The fourth-order valence-corrected chi connectivity index (χ4v) is 3.34. The van der Waals surface area contributed by atoms with Crippen LogP contribution in [0.3, 0.4) is 0 Å². The third kappa shape index (κ3) is 4.84. The number of hydrogen-bond donors (Lipinski definition) is 0. The van der Waals surface area contributed by atoms with Gasteiger partial charge in [-0.15, -0.1) is 0 Å². The van der Waals surface area contributed by atoms with Crippen molar-refractivity contribution in [2.45, 2.75) is 20.5 Å². The number of amides is 1. The molecule has 3 rings (SSSR count). The highest BCUT2D eigenvalue weighted by atomic mass is 19.1. The van der Waals surface area contributed by atoms with Gasteiger partial charge in [0.2, 0.25) is 0 Å². The molecular formula is C25H24FN3O2. The summed E-state index contributed by atoms with van der Waals surface area (Å²) < 4.78 is 21.5. The van der Waals surface area contributed by atoms with E-state index < -0.39 is 0 Å². The molecule has 0 aliphatic carbocycles. The molecule has 0 spiro atoms. The fraction of sp³-hybridized carbons (Fsp3) is 0.200. The van der Waals surface area contributed by atoms with Crippen LogP contribution in [0.1, 0.15) is 22.5 Å². The summed E-state index contributed by atoms with van der Waals surface area (Å²) >= 11 is 0. The van der Waals surface area contributed by atoms with Crippen molar-refractivity contribution < 1.29 is 13.9 Å². The molecule has 1 aromatic heterocycles. The average Bonchev–Trinajstić information content (AvgIpc) is 3.04. The number of ether oxygens (including phenoxy) is 1. The lowest BCUT2D eigenvalue weighted by atomic mass is 10.1. The molecule has 0 radical (unpaired) electrons. The van der Waals surface area contributed by atoms with Gasteiger partial charge in [0.15, 0.2) is 0 Å². The van der Waals surface area contributed by atoms with Crippen molar-refractivity contribution in [1.82, 2.24) is 9.47 Å². The predicted molar refractivity (Wildman–Crippen MR) is 118 cm³/mol. The molecule has 0 saturated carbocycles. The van der Waals surface area contributed by atoms with Gasteiger partial charge in [-0.05, 0) is 61.9 Å². The molecule has 0 atom stereocenters. The number of halogens is 1. The Kier molecular flexibility index (Phi) is 6.56. The Morgan fingerprint density at radius 3 is 2.45 bits per heavy atom. The van der Waals surface area contributed by atoms with Crippen LogP contribution in [0, 0.1) is 31.0 Å². The van der Waals surface area contributed by atoms with E-state index in [9.17, 15) is 14.4 Å². The lowest BCUT2D eigenvalue weighted by molar-refractivity contribution is -0.124. The predicted octanol–water partition coefficient (Wildman–Crippen LogP) is 4.81. The van der Waals surface area contributed by atoms with Gasteiger partial charge in [-0.1, -0.05) is 18.2 Å². The quantitative estimate of drug-likeness (QED) is 0.427. The molecule has 5 nitrogen and oxygen atoms in total. The Labute approximate surface area is 181 Å². The van der Waals surface area contributed by atoms with Crippen molar-refractivity contribution in [1.29, 1.82) is 5.26 Å². The van der Waals surface area contributed by atoms with Crippen LogP contribution >= 0.6 is 0 Å². The number of carbonyl (C=O) groups excluding carboxylic acids is 1. The highest BCUT2D eigenvalue weighted by Crippen LogP contribution is 2.25. The van der Waals surface area contributed by atoms with Gasteiger partial charge in [-0.25, -0.2) is 4.39 Å². The second-order valence-corrected chi connectivity index (χ2v) is 7.41. The highest BCUT2D eigenvalue weighted by Gasteiger charge is 2.15. The lowest BCUT2D eigenvalue weighted by Gasteiger charge is -2.12. The average molecular weight is 417 g/mol. The SMILES string of the molecule is Cc1cc(/C=C(/C#N)C(=O)N(C)C)c(C)n1-c1ccc(OCc2ccccc2F)cc1. The molecule has 1 heterocycles. The standard InChI is InChI=1S/C25H24FN3O2/c1-17-13-20(14-21(15-27)25(30)28(3)4)18(2)29(17)22-9-11-23(12-10-22)31-16-19-7-5-6-8-24(19)26/h5-14H,16H2,1-4H3/b21-14-. The Morgan fingerprint density at radius 1 is 1.16 bits per heavy atom. The van der Waals surface area contributed by atoms with E-state index in [4.69, 9.17) is 4.74 Å². The minimum atomic E-state index is -0.330. The summed E-state index contributed by atoms with van der Waals surface area (Å²) in [5, 5.41) is 9.36. The van der Waals surface area contributed by atoms with Crippen molar-refractivity contribution in [3.05, 3.63) is 88.5 Å².